The number of ether oxygens (including phenoxy) is 1. The smallest absolute Gasteiger partial charge is 0.324 e. The minimum Gasteiger partial charge on any atom is -0.491 e. The van der Waals surface area contributed by atoms with Crippen molar-refractivity contribution in [2.75, 3.05) is 6.61 Å². The summed E-state index contributed by atoms with van der Waals surface area (Å²) in [6, 6.07) is 2.47. The van der Waals surface area contributed by atoms with Gasteiger partial charge in [0.2, 0.25) is 0 Å². The van der Waals surface area contributed by atoms with Crippen LogP contribution in [0.1, 0.15) is 12.8 Å². The van der Waals surface area contributed by atoms with Gasteiger partial charge in [0.25, 0.3) is 0 Å². The van der Waals surface area contributed by atoms with Gasteiger partial charge in [0, 0.05) is 12.1 Å². The van der Waals surface area contributed by atoms with Crippen molar-refractivity contribution in [1.82, 2.24) is 5.32 Å². The first kappa shape index (κ1) is 12.8. The van der Waals surface area contributed by atoms with Crippen molar-refractivity contribution in [3.05, 3.63) is 29.8 Å². The lowest BCUT2D eigenvalue weighted by molar-refractivity contribution is -0.140. The number of halogens is 2. The molecule has 1 saturated carbocycles. The van der Waals surface area contributed by atoms with E-state index in [1.807, 2.05) is 0 Å². The summed E-state index contributed by atoms with van der Waals surface area (Å²) >= 11 is 0. The van der Waals surface area contributed by atoms with Crippen molar-refractivity contribution in [1.29, 1.82) is 0 Å². The van der Waals surface area contributed by atoms with Crippen LogP contribution in [0, 0.1) is 11.6 Å². The highest BCUT2D eigenvalue weighted by molar-refractivity contribution is 5.73. The quantitative estimate of drug-likeness (QED) is 0.811. The molecule has 1 fully saturated rings. The van der Waals surface area contributed by atoms with Gasteiger partial charge in [-0.2, -0.15) is 0 Å². The van der Waals surface area contributed by atoms with Gasteiger partial charge in [-0.05, 0) is 25.0 Å². The number of carboxylic acid groups (broad SMARTS) is 1. The molecular weight excluding hydrogens is 244 g/mol. The second-order valence-electron chi connectivity index (χ2n) is 4.22. The van der Waals surface area contributed by atoms with E-state index < -0.39 is 23.6 Å². The molecule has 2 rings (SSSR count). The number of hydrogen-bond donors (Lipinski definition) is 2. The number of hydrogen-bond acceptors (Lipinski definition) is 3. The van der Waals surface area contributed by atoms with E-state index in [4.69, 9.17) is 9.84 Å². The van der Waals surface area contributed by atoms with Crippen LogP contribution in [0.25, 0.3) is 0 Å². The Morgan fingerprint density at radius 2 is 2.17 bits per heavy atom. The van der Waals surface area contributed by atoms with Crippen LogP contribution in [-0.4, -0.2) is 29.8 Å². The van der Waals surface area contributed by atoms with Gasteiger partial charge in [0.15, 0.2) is 11.6 Å². The molecule has 4 nitrogen and oxygen atoms in total. The van der Waals surface area contributed by atoms with Crippen LogP contribution in [0.3, 0.4) is 0 Å². The van der Waals surface area contributed by atoms with E-state index in [0.717, 1.165) is 25.0 Å². The average molecular weight is 257 g/mol. The van der Waals surface area contributed by atoms with Gasteiger partial charge in [-0.25, -0.2) is 8.78 Å². The lowest BCUT2D eigenvalue weighted by atomic mass is 10.3. The number of carboxylic acids is 1. The SMILES string of the molecule is O=C(O)C(COc1ccc(F)c(F)c1)NC1CC1. The number of rotatable bonds is 6. The Balaban J connectivity index is 1.91. The molecule has 0 bridgehead atoms. The molecule has 1 atom stereocenters. The lowest BCUT2D eigenvalue weighted by Gasteiger charge is -2.15. The Labute approximate surface area is 103 Å². The number of aliphatic carboxylic acids is 1. The van der Waals surface area contributed by atoms with Crippen LogP contribution in [-0.2, 0) is 4.79 Å². The number of benzene rings is 1. The van der Waals surface area contributed by atoms with Crippen LogP contribution >= 0.6 is 0 Å². The molecule has 0 amide bonds. The summed E-state index contributed by atoms with van der Waals surface area (Å²) in [5.41, 5.74) is 0. The standard InChI is InChI=1S/C12H13F2NO3/c13-9-4-3-8(5-10(9)14)18-6-11(12(16)17)15-7-1-2-7/h3-5,7,11,15H,1-2,6H2,(H,16,17). The molecule has 18 heavy (non-hydrogen) atoms. The zero-order chi connectivity index (χ0) is 13.1. The topological polar surface area (TPSA) is 58.6 Å². The predicted octanol–water partition coefficient (Wildman–Crippen LogP) is 1.55. The molecule has 1 unspecified atom stereocenters. The number of carbonyl (C=O) groups is 1. The van der Waals surface area contributed by atoms with Gasteiger partial charge in [0.1, 0.15) is 18.4 Å². The Hall–Kier alpha value is -1.69. The molecule has 0 saturated heterocycles. The zero-order valence-corrected chi connectivity index (χ0v) is 9.53. The van der Waals surface area contributed by atoms with Gasteiger partial charge in [0.05, 0.1) is 0 Å². The summed E-state index contributed by atoms with van der Waals surface area (Å²) in [5, 5.41) is 11.8. The maximum absolute atomic E-state index is 12.9. The zero-order valence-electron chi connectivity index (χ0n) is 9.53. The Bertz CT molecular complexity index is 449. The predicted molar refractivity (Wildman–Crippen MR) is 59.4 cm³/mol. The highest BCUT2D eigenvalue weighted by atomic mass is 19.2. The third kappa shape index (κ3) is 3.40. The largest absolute Gasteiger partial charge is 0.491 e. The summed E-state index contributed by atoms with van der Waals surface area (Å²) in [6.07, 6.45) is 1.91. The first-order valence-corrected chi connectivity index (χ1v) is 5.63. The van der Waals surface area contributed by atoms with E-state index in [1.165, 1.54) is 6.07 Å². The fourth-order valence-corrected chi connectivity index (χ4v) is 1.47. The monoisotopic (exact) mass is 257 g/mol. The van der Waals surface area contributed by atoms with Gasteiger partial charge in [-0.1, -0.05) is 0 Å². The summed E-state index contributed by atoms with van der Waals surface area (Å²) in [7, 11) is 0. The maximum Gasteiger partial charge on any atom is 0.324 e. The molecule has 0 spiro atoms. The average Bonchev–Trinajstić information content (AvgIpc) is 3.12. The second-order valence-corrected chi connectivity index (χ2v) is 4.22. The minimum atomic E-state index is -1.02. The van der Waals surface area contributed by atoms with Crippen LogP contribution in [0.4, 0.5) is 8.78 Å². The van der Waals surface area contributed by atoms with Crippen molar-refractivity contribution >= 4 is 5.97 Å². The van der Waals surface area contributed by atoms with E-state index in [-0.39, 0.29) is 18.4 Å². The van der Waals surface area contributed by atoms with Crippen LogP contribution < -0.4 is 10.1 Å². The second kappa shape index (κ2) is 5.30. The Morgan fingerprint density at radius 3 is 2.72 bits per heavy atom. The summed E-state index contributed by atoms with van der Waals surface area (Å²) in [5.74, 6) is -2.90. The normalized spacial score (nSPS) is 16.3. The van der Waals surface area contributed by atoms with E-state index in [1.54, 1.807) is 0 Å². The van der Waals surface area contributed by atoms with E-state index >= 15 is 0 Å². The first-order valence-electron chi connectivity index (χ1n) is 5.63. The van der Waals surface area contributed by atoms with Crippen molar-refractivity contribution in [3.63, 3.8) is 0 Å². The molecule has 1 aromatic rings. The van der Waals surface area contributed by atoms with Gasteiger partial charge in [-0.15, -0.1) is 0 Å². The lowest BCUT2D eigenvalue weighted by Crippen LogP contribution is -2.42. The fraction of sp³-hybridized carbons (Fsp3) is 0.417. The van der Waals surface area contributed by atoms with Gasteiger partial charge < -0.3 is 9.84 Å². The summed E-state index contributed by atoms with van der Waals surface area (Å²) in [6.45, 7) is -0.128. The minimum absolute atomic E-state index is 0.109. The molecule has 2 N–H and O–H groups in total. The van der Waals surface area contributed by atoms with Crippen LogP contribution in [0.15, 0.2) is 18.2 Å². The third-order valence-corrected chi connectivity index (χ3v) is 2.62. The van der Waals surface area contributed by atoms with Crippen LogP contribution in [0.2, 0.25) is 0 Å². The molecule has 1 aliphatic rings. The van der Waals surface area contributed by atoms with Crippen molar-refractivity contribution < 1.29 is 23.4 Å². The highest BCUT2D eigenvalue weighted by Gasteiger charge is 2.28. The molecule has 0 aliphatic heterocycles. The maximum atomic E-state index is 12.9. The molecular formula is C12H13F2NO3. The molecule has 0 heterocycles. The third-order valence-electron chi connectivity index (χ3n) is 2.62. The van der Waals surface area contributed by atoms with E-state index in [2.05, 4.69) is 5.32 Å². The molecule has 1 aromatic carbocycles. The number of nitrogens with one attached hydrogen (secondary N) is 1. The molecule has 6 heteroatoms. The van der Waals surface area contributed by atoms with Crippen molar-refractivity contribution in [2.24, 2.45) is 0 Å². The molecule has 98 valence electrons. The van der Waals surface area contributed by atoms with Crippen molar-refractivity contribution in [3.8, 4) is 5.75 Å². The van der Waals surface area contributed by atoms with E-state index in [0.29, 0.717) is 0 Å². The summed E-state index contributed by atoms with van der Waals surface area (Å²) in [4.78, 5) is 10.9. The Kier molecular flexibility index (Phi) is 3.76. The molecule has 0 radical (unpaired) electrons. The van der Waals surface area contributed by atoms with Crippen LogP contribution in [0.5, 0.6) is 5.75 Å². The summed E-state index contributed by atoms with van der Waals surface area (Å²) < 4.78 is 30.7. The van der Waals surface area contributed by atoms with Gasteiger partial charge in [-0.3, -0.25) is 10.1 Å². The van der Waals surface area contributed by atoms with Gasteiger partial charge >= 0.3 is 5.97 Å². The van der Waals surface area contributed by atoms with E-state index in [9.17, 15) is 13.6 Å². The van der Waals surface area contributed by atoms with Crippen molar-refractivity contribution in [2.45, 2.75) is 24.9 Å². The molecule has 0 aromatic heterocycles. The Morgan fingerprint density at radius 1 is 1.44 bits per heavy atom. The molecule has 1 aliphatic carbocycles. The highest BCUT2D eigenvalue weighted by Crippen LogP contribution is 2.20. The fourth-order valence-electron chi connectivity index (χ4n) is 1.47. The first-order chi connectivity index (χ1) is 8.56.